The van der Waals surface area contributed by atoms with E-state index >= 15 is 0 Å². The van der Waals surface area contributed by atoms with Crippen LogP contribution in [0, 0.1) is 0 Å². The lowest BCUT2D eigenvalue weighted by atomic mass is 9.89. The molecule has 0 spiro atoms. The first-order chi connectivity index (χ1) is 19.7. The predicted octanol–water partition coefficient (Wildman–Crippen LogP) is 5.36. The van der Waals surface area contributed by atoms with E-state index in [1.165, 1.54) is 6.07 Å². The van der Waals surface area contributed by atoms with Crippen LogP contribution < -0.4 is 20.1 Å². The molecule has 0 unspecified atom stereocenters. The van der Waals surface area contributed by atoms with Crippen molar-refractivity contribution in [3.8, 4) is 22.5 Å². The molecule has 2 aliphatic rings. The summed E-state index contributed by atoms with van der Waals surface area (Å²) in [6.07, 6.45) is 0. The zero-order valence-corrected chi connectivity index (χ0v) is 24.3. The maximum atomic E-state index is 13.3. The molecule has 0 bridgehead atoms. The number of nitrogens with one attached hydrogen (secondary N) is 1. The number of rotatable bonds is 7. The Kier molecular flexibility index (Phi) is 7.85. The first kappa shape index (κ1) is 28.0. The van der Waals surface area contributed by atoms with E-state index in [9.17, 15) is 14.7 Å². The van der Waals surface area contributed by atoms with Crippen molar-refractivity contribution in [3.05, 3.63) is 106 Å². The fourth-order valence-electron chi connectivity index (χ4n) is 4.84. The van der Waals surface area contributed by atoms with Crippen LogP contribution in [0.2, 0.25) is 0 Å². The number of nitrogens with zero attached hydrogens (tertiary/aromatic N) is 2. The Hall–Kier alpha value is -4.56. The number of hydrogen-bond acceptors (Lipinski definition) is 5. The molecule has 0 atom stereocenters. The van der Waals surface area contributed by atoms with Crippen molar-refractivity contribution < 1.29 is 19.1 Å². The van der Waals surface area contributed by atoms with Crippen molar-refractivity contribution >= 4 is 41.2 Å². The summed E-state index contributed by atoms with van der Waals surface area (Å²) in [6.45, 7) is 0.346. The average Bonchev–Trinajstić information content (AvgIpc) is 2.97. The van der Waals surface area contributed by atoms with E-state index in [0.717, 1.165) is 33.1 Å². The van der Waals surface area contributed by atoms with Gasteiger partial charge < -0.3 is 19.7 Å². The van der Waals surface area contributed by atoms with Crippen molar-refractivity contribution in [2.75, 3.05) is 33.1 Å². The topological polar surface area (TPSA) is 85.8 Å². The number of aromatic carboxylic acids is 1. The zero-order valence-electron chi connectivity index (χ0n) is 23.4. The molecule has 41 heavy (non-hydrogen) atoms. The van der Waals surface area contributed by atoms with Gasteiger partial charge in [-0.25, -0.2) is 9.37 Å². The van der Waals surface area contributed by atoms with Gasteiger partial charge in [0, 0.05) is 66.3 Å². The third-order valence-corrected chi connectivity index (χ3v) is 7.53. The molecule has 3 aromatic rings. The number of carboxylic acid groups (broad SMARTS) is 1. The van der Waals surface area contributed by atoms with Gasteiger partial charge in [-0.05, 0) is 53.1 Å². The van der Waals surface area contributed by atoms with Gasteiger partial charge in [0.2, 0.25) is 5.36 Å². The molecule has 8 heteroatoms. The van der Waals surface area contributed by atoms with E-state index in [2.05, 4.69) is 17.9 Å². The number of carbonyl (C=O) groups excluding carboxylic acids is 1. The van der Waals surface area contributed by atoms with E-state index in [1.807, 2.05) is 98.3 Å². The minimum Gasteiger partial charge on any atom is -0.478 e. The number of hydrogen-bond donors (Lipinski definition) is 3. The van der Waals surface area contributed by atoms with Gasteiger partial charge in [-0.1, -0.05) is 24.3 Å². The molecule has 208 valence electrons. The van der Waals surface area contributed by atoms with Crippen molar-refractivity contribution in [3.63, 3.8) is 0 Å². The summed E-state index contributed by atoms with van der Waals surface area (Å²) < 4.78 is 8.37. The Morgan fingerprint density at radius 2 is 1.63 bits per heavy atom. The van der Waals surface area contributed by atoms with E-state index < -0.39 is 5.97 Å². The summed E-state index contributed by atoms with van der Waals surface area (Å²) in [4.78, 5) is 27.7. The largest absolute Gasteiger partial charge is 0.478 e. The van der Waals surface area contributed by atoms with E-state index in [-0.39, 0.29) is 11.5 Å². The lowest BCUT2D eigenvalue weighted by molar-refractivity contribution is 0.0697. The molecule has 1 aliphatic heterocycles. The molecular weight excluding hydrogens is 534 g/mol. The molecule has 2 N–H and O–H groups in total. The van der Waals surface area contributed by atoms with Crippen LogP contribution in [-0.2, 0) is 12.3 Å². The summed E-state index contributed by atoms with van der Waals surface area (Å²) in [6, 6.07) is 24.3. The molecule has 0 saturated heterocycles. The summed E-state index contributed by atoms with van der Waals surface area (Å²) in [7, 11) is 7.80. The number of amides is 1. The molecule has 1 heterocycles. The van der Waals surface area contributed by atoms with Crippen LogP contribution >= 0.6 is 12.6 Å². The minimum atomic E-state index is -1.08. The zero-order chi connectivity index (χ0) is 29.3. The number of fused-ring (bicyclic) bond motifs is 2. The first-order valence-corrected chi connectivity index (χ1v) is 13.8. The van der Waals surface area contributed by atoms with E-state index in [4.69, 9.17) is 4.42 Å². The van der Waals surface area contributed by atoms with Gasteiger partial charge in [-0.15, -0.1) is 0 Å². The number of thiol groups is 1. The number of benzene rings is 4. The van der Waals surface area contributed by atoms with Crippen LogP contribution in [-0.4, -0.2) is 45.2 Å². The van der Waals surface area contributed by atoms with Gasteiger partial charge in [-0.3, -0.25) is 4.79 Å². The van der Waals surface area contributed by atoms with E-state index in [0.29, 0.717) is 40.3 Å². The monoisotopic (exact) mass is 566 g/mol. The second kappa shape index (κ2) is 11.5. The number of carbonyl (C=O) groups is 2. The van der Waals surface area contributed by atoms with Gasteiger partial charge in [0.1, 0.15) is 25.4 Å². The SMILES string of the molecule is CN(C)c1ccc2c(-c3cc(C(=O)NCc4ccc(CS)cc4)ccc3C(=O)O)c3ccc(=[N+](C)C)cc-3oc2c1. The molecule has 0 aromatic heterocycles. The Bertz CT molecular complexity index is 1820. The Balaban J connectivity index is 1.67. The molecule has 1 aliphatic carbocycles. The normalized spacial score (nSPS) is 11.0. The third kappa shape index (κ3) is 5.69. The van der Waals surface area contributed by atoms with Gasteiger partial charge in [0.15, 0.2) is 0 Å². The van der Waals surface area contributed by atoms with Gasteiger partial charge in [0.25, 0.3) is 5.91 Å². The van der Waals surface area contributed by atoms with Gasteiger partial charge in [0.05, 0.1) is 11.6 Å². The molecule has 0 saturated carbocycles. The highest BCUT2D eigenvalue weighted by Gasteiger charge is 2.24. The molecule has 5 rings (SSSR count). The summed E-state index contributed by atoms with van der Waals surface area (Å²) in [5.41, 5.74) is 6.00. The van der Waals surface area contributed by atoms with E-state index in [1.54, 1.807) is 12.1 Å². The van der Waals surface area contributed by atoms with Crippen LogP contribution in [0.15, 0.2) is 83.3 Å². The maximum Gasteiger partial charge on any atom is 0.336 e. The van der Waals surface area contributed by atoms with Crippen LogP contribution in [0.25, 0.3) is 33.4 Å². The first-order valence-electron chi connectivity index (χ1n) is 13.2. The van der Waals surface area contributed by atoms with Crippen molar-refractivity contribution in [1.29, 1.82) is 0 Å². The highest BCUT2D eigenvalue weighted by Crippen LogP contribution is 2.42. The summed E-state index contributed by atoms with van der Waals surface area (Å²) in [5.74, 6) is -0.104. The maximum absolute atomic E-state index is 13.3. The molecule has 0 fully saturated rings. The molecule has 0 radical (unpaired) electrons. The second-order valence-electron chi connectivity index (χ2n) is 10.3. The van der Waals surface area contributed by atoms with Crippen molar-refractivity contribution in [1.82, 2.24) is 9.89 Å². The second-order valence-corrected chi connectivity index (χ2v) is 10.7. The molecular formula is C33H32N3O4S+. The number of anilines is 1. The fourth-order valence-corrected chi connectivity index (χ4v) is 5.05. The fraction of sp³-hybridized carbons (Fsp3) is 0.182. The molecule has 7 nitrogen and oxygen atoms in total. The van der Waals surface area contributed by atoms with Crippen molar-refractivity contribution in [2.45, 2.75) is 12.3 Å². The van der Waals surface area contributed by atoms with Crippen LogP contribution in [0.1, 0.15) is 31.8 Å². The smallest absolute Gasteiger partial charge is 0.336 e. The van der Waals surface area contributed by atoms with Crippen LogP contribution in [0.5, 0.6) is 0 Å². The van der Waals surface area contributed by atoms with Crippen LogP contribution in [0.3, 0.4) is 0 Å². The Labute approximate surface area is 244 Å². The highest BCUT2D eigenvalue weighted by atomic mass is 32.1. The van der Waals surface area contributed by atoms with Gasteiger partial charge in [-0.2, -0.15) is 12.6 Å². The summed E-state index contributed by atoms with van der Waals surface area (Å²) >= 11 is 4.29. The van der Waals surface area contributed by atoms with Gasteiger partial charge >= 0.3 is 5.97 Å². The summed E-state index contributed by atoms with van der Waals surface area (Å²) in [5, 5.41) is 14.8. The Morgan fingerprint density at radius 1 is 0.902 bits per heavy atom. The standard InChI is InChI=1S/C33H31N3O4S/c1-35(2)23-10-13-26-29(16-23)40-30-17-24(36(3)4)11-14-27(30)31(26)28-15-22(9-12-25(28)33(38)39)32(37)34-18-20-5-7-21(19-41)8-6-20/h5-17H,18-19H2,1-4H3,(H2-,34,37,38,39,41)/p+1. The minimum absolute atomic E-state index is 0.103. The van der Waals surface area contributed by atoms with Crippen LogP contribution in [0.4, 0.5) is 5.69 Å². The third-order valence-electron chi connectivity index (χ3n) is 7.16. The molecule has 1 amide bonds. The predicted molar refractivity (Wildman–Crippen MR) is 167 cm³/mol. The lowest BCUT2D eigenvalue weighted by Gasteiger charge is -2.19. The van der Waals surface area contributed by atoms with Crippen molar-refractivity contribution in [2.24, 2.45) is 0 Å². The number of carboxylic acids is 1. The Morgan fingerprint density at radius 3 is 2.29 bits per heavy atom. The average molecular weight is 567 g/mol. The quantitative estimate of drug-likeness (QED) is 0.140. The molecule has 3 aromatic carbocycles. The highest BCUT2D eigenvalue weighted by molar-refractivity contribution is 7.79. The lowest BCUT2D eigenvalue weighted by Crippen LogP contribution is -2.23.